The Bertz CT molecular complexity index is 686. The van der Waals surface area contributed by atoms with Gasteiger partial charge in [-0.15, -0.1) is 0 Å². The predicted molar refractivity (Wildman–Crippen MR) is 90.4 cm³/mol. The second-order valence-electron chi connectivity index (χ2n) is 6.28. The molecular formula is C17H23N5O2. The number of carbonyl (C=O) groups excluding carboxylic acids is 2. The summed E-state index contributed by atoms with van der Waals surface area (Å²) in [7, 11) is 0. The lowest BCUT2D eigenvalue weighted by molar-refractivity contribution is -0.119. The molecule has 0 radical (unpaired) electrons. The minimum absolute atomic E-state index is 0.0451. The highest BCUT2D eigenvalue weighted by atomic mass is 16.2. The lowest BCUT2D eigenvalue weighted by atomic mass is 9.93. The molecular weight excluding hydrogens is 306 g/mol. The molecule has 0 saturated carbocycles. The number of imidazole rings is 1. The Labute approximate surface area is 140 Å². The molecule has 24 heavy (non-hydrogen) atoms. The van der Waals surface area contributed by atoms with Gasteiger partial charge in [0.05, 0.1) is 5.69 Å². The minimum Gasteiger partial charge on any atom is -0.370 e. The number of primary amides is 1. The zero-order valence-electron chi connectivity index (χ0n) is 13.6. The van der Waals surface area contributed by atoms with Crippen LogP contribution in [0.3, 0.4) is 0 Å². The number of pyridine rings is 1. The Morgan fingerprint density at radius 1 is 1.29 bits per heavy atom. The molecule has 2 aromatic rings. The average Bonchev–Trinajstić information content (AvgIpc) is 2.97. The van der Waals surface area contributed by atoms with E-state index in [9.17, 15) is 9.59 Å². The predicted octanol–water partition coefficient (Wildman–Crippen LogP) is 1.17. The van der Waals surface area contributed by atoms with Crippen LogP contribution in [0.15, 0.2) is 30.6 Å². The van der Waals surface area contributed by atoms with E-state index in [0.717, 1.165) is 24.2 Å². The Kier molecular flexibility index (Phi) is 4.98. The lowest BCUT2D eigenvalue weighted by Crippen LogP contribution is -2.45. The number of fused-ring (bicyclic) bond motifs is 1. The van der Waals surface area contributed by atoms with Gasteiger partial charge in [0, 0.05) is 44.9 Å². The molecule has 3 rings (SSSR count). The number of nitrogens with zero attached hydrogens (tertiary/aromatic N) is 3. The lowest BCUT2D eigenvalue weighted by Gasteiger charge is -2.31. The van der Waals surface area contributed by atoms with Gasteiger partial charge in [-0.1, -0.05) is 6.07 Å². The van der Waals surface area contributed by atoms with Crippen molar-refractivity contribution in [2.75, 3.05) is 19.6 Å². The fraction of sp³-hybridized carbons (Fsp3) is 0.471. The fourth-order valence-corrected chi connectivity index (χ4v) is 3.14. The van der Waals surface area contributed by atoms with Gasteiger partial charge in [-0.05, 0) is 30.9 Å². The van der Waals surface area contributed by atoms with E-state index in [-0.39, 0.29) is 11.9 Å². The molecule has 3 N–H and O–H groups in total. The molecule has 0 bridgehead atoms. The van der Waals surface area contributed by atoms with Crippen LogP contribution in [-0.4, -0.2) is 45.9 Å². The number of hydrogen-bond donors (Lipinski definition) is 2. The molecule has 1 saturated heterocycles. The summed E-state index contributed by atoms with van der Waals surface area (Å²) in [6.45, 7) is 1.92. The van der Waals surface area contributed by atoms with Crippen LogP contribution in [0.1, 0.15) is 25.0 Å². The number of carbonyl (C=O) groups is 2. The van der Waals surface area contributed by atoms with Crippen molar-refractivity contribution in [1.82, 2.24) is 19.6 Å². The molecule has 1 fully saturated rings. The van der Waals surface area contributed by atoms with Crippen molar-refractivity contribution in [2.45, 2.75) is 25.7 Å². The first-order valence-electron chi connectivity index (χ1n) is 8.35. The second-order valence-corrected chi connectivity index (χ2v) is 6.28. The standard InChI is InChI=1S/C17H23N5O2/c18-15(23)11-13-5-9-21(10-6-13)17(24)19-7-4-14-12-22-8-2-1-3-16(22)20-14/h1-3,8,12-13H,4-7,9-11H2,(H2,18,23)(H,19,24). The van der Waals surface area contributed by atoms with Gasteiger partial charge in [-0.3, -0.25) is 4.79 Å². The number of piperidine rings is 1. The normalized spacial score (nSPS) is 15.6. The highest BCUT2D eigenvalue weighted by molar-refractivity contribution is 5.75. The molecule has 0 unspecified atom stereocenters. The molecule has 1 aliphatic heterocycles. The third-order valence-electron chi connectivity index (χ3n) is 4.46. The van der Waals surface area contributed by atoms with Crippen LogP contribution >= 0.6 is 0 Å². The Morgan fingerprint density at radius 2 is 2.08 bits per heavy atom. The third kappa shape index (κ3) is 4.04. The molecule has 0 atom stereocenters. The Balaban J connectivity index is 1.42. The van der Waals surface area contributed by atoms with Crippen molar-refractivity contribution >= 4 is 17.6 Å². The van der Waals surface area contributed by atoms with Crippen molar-refractivity contribution in [3.63, 3.8) is 0 Å². The number of likely N-dealkylation sites (tertiary alicyclic amines) is 1. The number of amides is 3. The first-order valence-corrected chi connectivity index (χ1v) is 8.35. The van der Waals surface area contributed by atoms with Gasteiger partial charge >= 0.3 is 6.03 Å². The number of rotatable bonds is 5. The van der Waals surface area contributed by atoms with E-state index in [2.05, 4.69) is 10.3 Å². The summed E-state index contributed by atoms with van der Waals surface area (Å²) in [5.41, 5.74) is 7.10. The molecule has 128 valence electrons. The minimum atomic E-state index is -0.259. The van der Waals surface area contributed by atoms with Crippen LogP contribution in [0.5, 0.6) is 0 Å². The number of aromatic nitrogens is 2. The second kappa shape index (κ2) is 7.33. The molecule has 7 heteroatoms. The van der Waals surface area contributed by atoms with Gasteiger partial charge in [0.15, 0.2) is 0 Å². The van der Waals surface area contributed by atoms with Gasteiger partial charge in [0.25, 0.3) is 0 Å². The topological polar surface area (TPSA) is 92.7 Å². The molecule has 3 heterocycles. The van der Waals surface area contributed by atoms with Crippen LogP contribution in [0.4, 0.5) is 4.79 Å². The van der Waals surface area contributed by atoms with E-state index in [4.69, 9.17) is 5.73 Å². The summed E-state index contributed by atoms with van der Waals surface area (Å²) in [5.74, 6) is 0.0508. The first-order chi connectivity index (χ1) is 11.6. The van der Waals surface area contributed by atoms with E-state index >= 15 is 0 Å². The fourth-order valence-electron chi connectivity index (χ4n) is 3.14. The summed E-state index contributed by atoms with van der Waals surface area (Å²) in [5, 5.41) is 2.95. The zero-order valence-corrected chi connectivity index (χ0v) is 13.6. The van der Waals surface area contributed by atoms with Crippen LogP contribution in [0, 0.1) is 5.92 Å². The van der Waals surface area contributed by atoms with E-state index in [0.29, 0.717) is 38.4 Å². The molecule has 0 aliphatic carbocycles. The highest BCUT2D eigenvalue weighted by Gasteiger charge is 2.23. The largest absolute Gasteiger partial charge is 0.370 e. The van der Waals surface area contributed by atoms with Crippen LogP contribution in [0.2, 0.25) is 0 Å². The maximum atomic E-state index is 12.2. The maximum Gasteiger partial charge on any atom is 0.317 e. The zero-order chi connectivity index (χ0) is 16.9. The van der Waals surface area contributed by atoms with Crippen molar-refractivity contribution < 1.29 is 9.59 Å². The molecule has 0 aromatic carbocycles. The SMILES string of the molecule is NC(=O)CC1CCN(C(=O)NCCc2cn3ccccc3n2)CC1. The van der Waals surface area contributed by atoms with Crippen LogP contribution in [-0.2, 0) is 11.2 Å². The number of urea groups is 1. The van der Waals surface area contributed by atoms with Crippen molar-refractivity contribution in [2.24, 2.45) is 11.7 Å². The summed E-state index contributed by atoms with van der Waals surface area (Å²) >= 11 is 0. The Hall–Kier alpha value is -2.57. The van der Waals surface area contributed by atoms with Gasteiger partial charge in [0.1, 0.15) is 5.65 Å². The third-order valence-corrected chi connectivity index (χ3v) is 4.46. The van der Waals surface area contributed by atoms with E-state index in [1.807, 2.05) is 35.0 Å². The average molecular weight is 329 g/mol. The Morgan fingerprint density at radius 3 is 2.79 bits per heavy atom. The number of nitrogens with two attached hydrogens (primary N) is 1. The maximum absolute atomic E-state index is 12.2. The first kappa shape index (κ1) is 16.3. The monoisotopic (exact) mass is 329 g/mol. The quantitative estimate of drug-likeness (QED) is 0.862. The van der Waals surface area contributed by atoms with Crippen LogP contribution < -0.4 is 11.1 Å². The van der Waals surface area contributed by atoms with Gasteiger partial charge in [-0.2, -0.15) is 0 Å². The molecule has 0 spiro atoms. The van der Waals surface area contributed by atoms with Gasteiger partial charge in [0.2, 0.25) is 5.91 Å². The summed E-state index contributed by atoms with van der Waals surface area (Å²) in [6.07, 6.45) is 6.73. The molecule has 2 aromatic heterocycles. The van der Waals surface area contributed by atoms with Gasteiger partial charge < -0.3 is 20.4 Å². The van der Waals surface area contributed by atoms with Crippen molar-refractivity contribution in [3.8, 4) is 0 Å². The molecule has 1 aliphatic rings. The van der Waals surface area contributed by atoms with E-state index < -0.39 is 0 Å². The van der Waals surface area contributed by atoms with E-state index in [1.165, 1.54) is 0 Å². The van der Waals surface area contributed by atoms with E-state index in [1.54, 1.807) is 4.90 Å². The van der Waals surface area contributed by atoms with Crippen molar-refractivity contribution in [3.05, 3.63) is 36.3 Å². The summed E-state index contributed by atoms with van der Waals surface area (Å²) < 4.78 is 1.97. The molecule has 3 amide bonds. The molecule has 7 nitrogen and oxygen atoms in total. The van der Waals surface area contributed by atoms with Gasteiger partial charge in [-0.25, -0.2) is 9.78 Å². The highest BCUT2D eigenvalue weighted by Crippen LogP contribution is 2.20. The summed E-state index contributed by atoms with van der Waals surface area (Å²) in [6, 6.07) is 5.83. The smallest absolute Gasteiger partial charge is 0.317 e. The number of nitrogens with one attached hydrogen (secondary N) is 1. The van der Waals surface area contributed by atoms with Crippen LogP contribution in [0.25, 0.3) is 5.65 Å². The number of hydrogen-bond acceptors (Lipinski definition) is 3. The van der Waals surface area contributed by atoms with Crippen molar-refractivity contribution in [1.29, 1.82) is 0 Å². The summed E-state index contributed by atoms with van der Waals surface area (Å²) in [4.78, 5) is 29.5.